The van der Waals surface area contributed by atoms with Crippen LogP contribution in [0, 0.1) is 0 Å². The summed E-state index contributed by atoms with van der Waals surface area (Å²) in [5, 5.41) is 0. The third-order valence-corrected chi connectivity index (χ3v) is 4.53. The molecule has 2 rings (SSSR count). The number of likely N-dealkylation sites (N-methyl/N-ethyl adjacent to an activating group) is 2. The fourth-order valence-corrected chi connectivity index (χ4v) is 2.66. The first-order valence-electron chi connectivity index (χ1n) is 8.16. The van der Waals surface area contributed by atoms with E-state index in [-0.39, 0.29) is 0 Å². The fourth-order valence-electron chi connectivity index (χ4n) is 2.66. The van der Waals surface area contributed by atoms with E-state index in [1.807, 2.05) is 0 Å². The lowest BCUT2D eigenvalue weighted by atomic mass is 9.95. The molecule has 0 fully saturated rings. The normalized spacial score (nSPS) is 12.8. The smallest absolute Gasteiger partial charge is 0.0323 e. The topological polar surface area (TPSA) is 6.48 Å². The van der Waals surface area contributed by atoms with E-state index in [1.165, 1.54) is 16.7 Å². The van der Waals surface area contributed by atoms with Gasteiger partial charge in [0.25, 0.3) is 0 Å². The van der Waals surface area contributed by atoms with Crippen molar-refractivity contribution in [2.75, 3.05) is 33.7 Å². The molecule has 0 radical (unpaired) electrons. The third kappa shape index (κ3) is 4.19. The fraction of sp³-hybridized carbons (Fsp3) is 0.400. The van der Waals surface area contributed by atoms with Gasteiger partial charge in [-0.05, 0) is 44.3 Å². The van der Waals surface area contributed by atoms with Gasteiger partial charge >= 0.3 is 0 Å². The molecule has 1 atom stereocenters. The second-order valence-electron chi connectivity index (χ2n) is 6.01. The largest absolute Gasteiger partial charge is 0.305 e. The van der Waals surface area contributed by atoms with Crippen molar-refractivity contribution in [3.8, 4) is 11.1 Å². The van der Waals surface area contributed by atoms with E-state index in [0.717, 1.165) is 19.6 Å². The van der Waals surface area contributed by atoms with Crippen LogP contribution >= 0.6 is 0 Å². The zero-order valence-corrected chi connectivity index (χ0v) is 14.3. The standard InChI is InChI=1S/C20H28N2/c1-5-21(3)15-16-22(4)17(2)19-13-9-10-14-20(19)18-11-7-6-8-12-18/h6-14,17H,5,15-16H2,1-4H3. The number of hydrogen-bond acceptors (Lipinski definition) is 2. The van der Waals surface area contributed by atoms with Crippen molar-refractivity contribution >= 4 is 0 Å². The molecule has 2 heteroatoms. The monoisotopic (exact) mass is 296 g/mol. The minimum absolute atomic E-state index is 0.404. The number of rotatable bonds is 7. The van der Waals surface area contributed by atoms with Gasteiger partial charge in [-0.1, -0.05) is 61.5 Å². The van der Waals surface area contributed by atoms with E-state index >= 15 is 0 Å². The van der Waals surface area contributed by atoms with Crippen LogP contribution in [-0.2, 0) is 0 Å². The van der Waals surface area contributed by atoms with Gasteiger partial charge in [-0.15, -0.1) is 0 Å². The summed E-state index contributed by atoms with van der Waals surface area (Å²) in [7, 11) is 4.40. The first-order valence-corrected chi connectivity index (χ1v) is 8.16. The molecule has 2 nitrogen and oxygen atoms in total. The van der Waals surface area contributed by atoms with Crippen LogP contribution in [0.5, 0.6) is 0 Å². The van der Waals surface area contributed by atoms with Crippen molar-refractivity contribution in [3.05, 3.63) is 60.2 Å². The number of hydrogen-bond donors (Lipinski definition) is 0. The third-order valence-electron chi connectivity index (χ3n) is 4.53. The van der Waals surface area contributed by atoms with Crippen LogP contribution in [0.4, 0.5) is 0 Å². The van der Waals surface area contributed by atoms with Crippen LogP contribution in [0.3, 0.4) is 0 Å². The number of nitrogens with zero attached hydrogens (tertiary/aromatic N) is 2. The van der Waals surface area contributed by atoms with Gasteiger partial charge in [0.2, 0.25) is 0 Å². The summed E-state index contributed by atoms with van der Waals surface area (Å²) in [6.07, 6.45) is 0. The highest BCUT2D eigenvalue weighted by molar-refractivity contribution is 5.67. The molecule has 0 heterocycles. The summed E-state index contributed by atoms with van der Waals surface area (Å²) in [5.41, 5.74) is 4.03. The molecule has 0 spiro atoms. The molecule has 1 unspecified atom stereocenters. The maximum absolute atomic E-state index is 2.44. The molecule has 2 aromatic carbocycles. The Labute approximate surface area is 135 Å². The molecule has 0 aliphatic rings. The lowest BCUT2D eigenvalue weighted by molar-refractivity contribution is 0.221. The lowest BCUT2D eigenvalue weighted by Crippen LogP contribution is -2.32. The first kappa shape index (κ1) is 16.7. The van der Waals surface area contributed by atoms with Crippen molar-refractivity contribution in [1.82, 2.24) is 9.80 Å². The van der Waals surface area contributed by atoms with Crippen LogP contribution in [0.25, 0.3) is 11.1 Å². The highest BCUT2D eigenvalue weighted by Gasteiger charge is 2.15. The second kappa shape index (κ2) is 8.11. The van der Waals surface area contributed by atoms with Crippen LogP contribution < -0.4 is 0 Å². The Bertz CT molecular complexity index is 565. The Morgan fingerprint density at radius 1 is 0.864 bits per heavy atom. The van der Waals surface area contributed by atoms with Gasteiger partial charge in [0.05, 0.1) is 0 Å². The van der Waals surface area contributed by atoms with E-state index in [4.69, 9.17) is 0 Å². The maximum atomic E-state index is 2.44. The Kier molecular flexibility index (Phi) is 6.17. The van der Waals surface area contributed by atoms with Crippen LogP contribution in [0.2, 0.25) is 0 Å². The molecule has 0 saturated carbocycles. The molecule has 0 saturated heterocycles. The first-order chi connectivity index (χ1) is 10.6. The Balaban J connectivity index is 2.18. The predicted octanol–water partition coefficient (Wildman–Crippen LogP) is 4.30. The van der Waals surface area contributed by atoms with Crippen molar-refractivity contribution in [1.29, 1.82) is 0 Å². The summed E-state index contributed by atoms with van der Waals surface area (Å²) in [5.74, 6) is 0. The van der Waals surface area contributed by atoms with E-state index in [2.05, 4.69) is 92.3 Å². The Morgan fingerprint density at radius 3 is 2.18 bits per heavy atom. The van der Waals surface area contributed by atoms with E-state index in [9.17, 15) is 0 Å². The molecule has 0 N–H and O–H groups in total. The number of benzene rings is 2. The van der Waals surface area contributed by atoms with Crippen LogP contribution in [0.1, 0.15) is 25.5 Å². The van der Waals surface area contributed by atoms with Crippen LogP contribution in [-0.4, -0.2) is 43.5 Å². The minimum atomic E-state index is 0.404. The van der Waals surface area contributed by atoms with Gasteiger partial charge in [0.15, 0.2) is 0 Å². The summed E-state index contributed by atoms with van der Waals surface area (Å²) >= 11 is 0. The molecule has 0 amide bonds. The molecular weight excluding hydrogens is 268 g/mol. The summed E-state index contributed by atoms with van der Waals surface area (Å²) < 4.78 is 0. The zero-order valence-electron chi connectivity index (χ0n) is 14.3. The lowest BCUT2D eigenvalue weighted by Gasteiger charge is -2.28. The molecule has 22 heavy (non-hydrogen) atoms. The molecule has 2 aromatic rings. The maximum Gasteiger partial charge on any atom is 0.0323 e. The van der Waals surface area contributed by atoms with Crippen molar-refractivity contribution in [2.24, 2.45) is 0 Å². The quantitative estimate of drug-likeness (QED) is 0.751. The summed E-state index contributed by atoms with van der Waals surface area (Å²) in [6.45, 7) is 7.78. The van der Waals surface area contributed by atoms with Gasteiger partial charge in [0, 0.05) is 19.1 Å². The van der Waals surface area contributed by atoms with Crippen molar-refractivity contribution in [3.63, 3.8) is 0 Å². The highest BCUT2D eigenvalue weighted by atomic mass is 15.2. The van der Waals surface area contributed by atoms with Gasteiger partial charge < -0.3 is 4.90 Å². The van der Waals surface area contributed by atoms with E-state index in [1.54, 1.807) is 0 Å². The molecule has 0 bridgehead atoms. The molecule has 0 aromatic heterocycles. The zero-order chi connectivity index (χ0) is 15.9. The summed E-state index contributed by atoms with van der Waals surface area (Å²) in [6, 6.07) is 19.8. The summed E-state index contributed by atoms with van der Waals surface area (Å²) in [4.78, 5) is 4.79. The van der Waals surface area contributed by atoms with Crippen molar-refractivity contribution < 1.29 is 0 Å². The molecular formula is C20H28N2. The van der Waals surface area contributed by atoms with Gasteiger partial charge in [-0.3, -0.25) is 4.90 Å². The average Bonchev–Trinajstić information content (AvgIpc) is 2.59. The Hall–Kier alpha value is -1.64. The second-order valence-corrected chi connectivity index (χ2v) is 6.01. The van der Waals surface area contributed by atoms with E-state index < -0.39 is 0 Å². The van der Waals surface area contributed by atoms with Gasteiger partial charge in [-0.2, -0.15) is 0 Å². The average molecular weight is 296 g/mol. The Morgan fingerprint density at radius 2 is 1.50 bits per heavy atom. The van der Waals surface area contributed by atoms with Gasteiger partial charge in [0.1, 0.15) is 0 Å². The van der Waals surface area contributed by atoms with Gasteiger partial charge in [-0.25, -0.2) is 0 Å². The minimum Gasteiger partial charge on any atom is -0.305 e. The highest BCUT2D eigenvalue weighted by Crippen LogP contribution is 2.30. The van der Waals surface area contributed by atoms with Crippen LogP contribution in [0.15, 0.2) is 54.6 Å². The molecule has 0 aliphatic heterocycles. The van der Waals surface area contributed by atoms with E-state index in [0.29, 0.717) is 6.04 Å². The molecule has 0 aliphatic carbocycles. The SMILES string of the molecule is CCN(C)CCN(C)C(C)c1ccccc1-c1ccccc1. The predicted molar refractivity (Wildman–Crippen MR) is 96.1 cm³/mol. The molecule has 118 valence electrons. The van der Waals surface area contributed by atoms with Crippen molar-refractivity contribution in [2.45, 2.75) is 19.9 Å².